The third-order valence-corrected chi connectivity index (χ3v) is 3.43. The number of hydrogen-bond donors (Lipinski definition) is 1. The third-order valence-electron chi connectivity index (χ3n) is 3.17. The SMILES string of the molecule is COc1ccc(C(C)(O)Cc2ccc(Cl)cc2)cc1. The van der Waals surface area contributed by atoms with Crippen molar-refractivity contribution in [2.45, 2.75) is 18.9 Å². The molecule has 0 aromatic heterocycles. The zero-order valence-corrected chi connectivity index (χ0v) is 11.8. The van der Waals surface area contributed by atoms with Crippen molar-refractivity contribution in [1.82, 2.24) is 0 Å². The number of rotatable bonds is 4. The highest BCUT2D eigenvalue weighted by molar-refractivity contribution is 6.30. The van der Waals surface area contributed by atoms with Gasteiger partial charge in [0.2, 0.25) is 0 Å². The van der Waals surface area contributed by atoms with Crippen LogP contribution < -0.4 is 4.74 Å². The highest BCUT2D eigenvalue weighted by atomic mass is 35.5. The van der Waals surface area contributed by atoms with E-state index in [0.29, 0.717) is 11.4 Å². The molecule has 2 aromatic rings. The Morgan fingerprint density at radius 2 is 1.63 bits per heavy atom. The first kappa shape index (κ1) is 13.9. The van der Waals surface area contributed by atoms with E-state index in [1.165, 1.54) is 0 Å². The van der Waals surface area contributed by atoms with Gasteiger partial charge in [0.15, 0.2) is 0 Å². The fourth-order valence-corrected chi connectivity index (χ4v) is 2.18. The van der Waals surface area contributed by atoms with Gasteiger partial charge in [-0.1, -0.05) is 35.9 Å². The fraction of sp³-hybridized carbons (Fsp3) is 0.250. The molecule has 3 heteroatoms. The first-order chi connectivity index (χ1) is 9.01. The standard InChI is InChI=1S/C16H17ClO2/c1-16(18,11-12-3-7-14(17)8-4-12)13-5-9-15(19-2)10-6-13/h3-10,18H,11H2,1-2H3. The molecular weight excluding hydrogens is 260 g/mol. The van der Waals surface area contributed by atoms with Gasteiger partial charge in [0, 0.05) is 11.4 Å². The number of methoxy groups -OCH3 is 1. The molecule has 19 heavy (non-hydrogen) atoms. The maximum atomic E-state index is 10.6. The van der Waals surface area contributed by atoms with Crippen molar-refractivity contribution in [2.75, 3.05) is 7.11 Å². The lowest BCUT2D eigenvalue weighted by Crippen LogP contribution is -2.24. The largest absolute Gasteiger partial charge is 0.497 e. The molecule has 0 radical (unpaired) electrons. The van der Waals surface area contributed by atoms with Crippen molar-refractivity contribution < 1.29 is 9.84 Å². The van der Waals surface area contributed by atoms with Crippen LogP contribution in [0.15, 0.2) is 48.5 Å². The van der Waals surface area contributed by atoms with Gasteiger partial charge in [0.05, 0.1) is 12.7 Å². The molecule has 0 heterocycles. The highest BCUT2D eigenvalue weighted by Gasteiger charge is 2.23. The highest BCUT2D eigenvalue weighted by Crippen LogP contribution is 2.27. The van der Waals surface area contributed by atoms with E-state index < -0.39 is 5.60 Å². The Bertz CT molecular complexity index is 530. The van der Waals surface area contributed by atoms with E-state index in [2.05, 4.69) is 0 Å². The Kier molecular flexibility index (Phi) is 4.13. The summed E-state index contributed by atoms with van der Waals surface area (Å²) in [4.78, 5) is 0. The molecule has 0 saturated carbocycles. The number of halogens is 1. The van der Waals surface area contributed by atoms with Crippen molar-refractivity contribution in [3.8, 4) is 5.75 Å². The monoisotopic (exact) mass is 276 g/mol. The predicted octanol–water partition coefficient (Wildman–Crippen LogP) is 3.80. The third kappa shape index (κ3) is 3.49. The van der Waals surface area contributed by atoms with Crippen LogP contribution in [0.25, 0.3) is 0 Å². The maximum Gasteiger partial charge on any atom is 0.118 e. The second-order valence-corrected chi connectivity index (χ2v) is 5.24. The Labute approximate surface area is 118 Å². The van der Waals surface area contributed by atoms with Crippen LogP contribution in [-0.2, 0) is 12.0 Å². The summed E-state index contributed by atoms with van der Waals surface area (Å²) in [6.07, 6.45) is 0.538. The Morgan fingerprint density at radius 1 is 1.05 bits per heavy atom. The van der Waals surface area contributed by atoms with Gasteiger partial charge in [-0.25, -0.2) is 0 Å². The lowest BCUT2D eigenvalue weighted by molar-refractivity contribution is 0.0576. The molecule has 0 amide bonds. The summed E-state index contributed by atoms with van der Waals surface area (Å²) in [5, 5.41) is 11.3. The second kappa shape index (κ2) is 5.64. The molecule has 0 aliphatic carbocycles. The van der Waals surface area contributed by atoms with Gasteiger partial charge < -0.3 is 9.84 Å². The normalized spacial score (nSPS) is 13.9. The molecule has 1 N–H and O–H groups in total. The van der Waals surface area contributed by atoms with E-state index in [1.54, 1.807) is 7.11 Å². The minimum Gasteiger partial charge on any atom is -0.497 e. The van der Waals surface area contributed by atoms with E-state index in [-0.39, 0.29) is 0 Å². The summed E-state index contributed by atoms with van der Waals surface area (Å²) in [5.74, 6) is 0.783. The molecule has 0 saturated heterocycles. The lowest BCUT2D eigenvalue weighted by Gasteiger charge is -2.24. The first-order valence-corrected chi connectivity index (χ1v) is 6.50. The van der Waals surface area contributed by atoms with E-state index in [4.69, 9.17) is 16.3 Å². The van der Waals surface area contributed by atoms with Crippen LogP contribution in [0, 0.1) is 0 Å². The van der Waals surface area contributed by atoms with E-state index in [0.717, 1.165) is 16.9 Å². The molecule has 0 spiro atoms. The average Bonchev–Trinajstić information content (AvgIpc) is 2.41. The minimum absolute atomic E-state index is 0.538. The van der Waals surface area contributed by atoms with Gasteiger partial charge in [0.1, 0.15) is 5.75 Å². The van der Waals surface area contributed by atoms with E-state index >= 15 is 0 Å². The van der Waals surface area contributed by atoms with Crippen molar-refractivity contribution in [2.24, 2.45) is 0 Å². The smallest absolute Gasteiger partial charge is 0.118 e. The van der Waals surface area contributed by atoms with Gasteiger partial charge in [0.25, 0.3) is 0 Å². The average molecular weight is 277 g/mol. The van der Waals surface area contributed by atoms with Gasteiger partial charge in [-0.2, -0.15) is 0 Å². The van der Waals surface area contributed by atoms with Gasteiger partial charge in [-0.15, -0.1) is 0 Å². The molecular formula is C16H17ClO2. The minimum atomic E-state index is -0.917. The molecule has 0 fully saturated rings. The second-order valence-electron chi connectivity index (χ2n) is 4.81. The predicted molar refractivity (Wildman–Crippen MR) is 77.7 cm³/mol. The summed E-state index contributed by atoms with van der Waals surface area (Å²) in [7, 11) is 1.63. The summed E-state index contributed by atoms with van der Waals surface area (Å²) in [5.41, 5.74) is 0.994. The van der Waals surface area contributed by atoms with Crippen LogP contribution in [0.5, 0.6) is 5.75 Å². The van der Waals surface area contributed by atoms with Crippen LogP contribution in [-0.4, -0.2) is 12.2 Å². The maximum absolute atomic E-state index is 10.6. The van der Waals surface area contributed by atoms with Crippen molar-refractivity contribution >= 4 is 11.6 Å². The van der Waals surface area contributed by atoms with Crippen molar-refractivity contribution in [3.05, 3.63) is 64.7 Å². The molecule has 1 atom stereocenters. The molecule has 0 bridgehead atoms. The fourth-order valence-electron chi connectivity index (χ4n) is 2.05. The lowest BCUT2D eigenvalue weighted by atomic mass is 9.89. The van der Waals surface area contributed by atoms with Crippen LogP contribution in [0.2, 0.25) is 5.02 Å². The van der Waals surface area contributed by atoms with Crippen LogP contribution in [0.3, 0.4) is 0 Å². The molecule has 2 aromatic carbocycles. The van der Waals surface area contributed by atoms with Crippen molar-refractivity contribution in [3.63, 3.8) is 0 Å². The van der Waals surface area contributed by atoms with Gasteiger partial charge in [-0.05, 0) is 42.3 Å². The number of benzene rings is 2. The number of ether oxygens (including phenoxy) is 1. The van der Waals surface area contributed by atoms with Gasteiger partial charge in [-0.3, -0.25) is 0 Å². The summed E-state index contributed by atoms with van der Waals surface area (Å²) < 4.78 is 5.12. The molecule has 100 valence electrons. The Balaban J connectivity index is 2.18. The molecule has 2 rings (SSSR count). The number of aliphatic hydroxyl groups is 1. The molecule has 1 unspecified atom stereocenters. The van der Waals surface area contributed by atoms with Crippen LogP contribution in [0.1, 0.15) is 18.1 Å². The van der Waals surface area contributed by atoms with Gasteiger partial charge >= 0.3 is 0 Å². The zero-order chi connectivity index (χ0) is 13.9. The molecule has 0 aliphatic rings. The van der Waals surface area contributed by atoms with E-state index in [1.807, 2.05) is 55.5 Å². The zero-order valence-electron chi connectivity index (χ0n) is 11.1. The van der Waals surface area contributed by atoms with Crippen LogP contribution >= 0.6 is 11.6 Å². The summed E-state index contributed by atoms with van der Waals surface area (Å²) in [6, 6.07) is 15.0. The molecule has 0 aliphatic heterocycles. The number of hydrogen-bond acceptors (Lipinski definition) is 2. The summed E-state index contributed by atoms with van der Waals surface area (Å²) in [6.45, 7) is 1.81. The van der Waals surface area contributed by atoms with E-state index in [9.17, 15) is 5.11 Å². The Hall–Kier alpha value is -1.51. The molecule has 2 nitrogen and oxygen atoms in total. The Morgan fingerprint density at radius 3 is 2.16 bits per heavy atom. The quantitative estimate of drug-likeness (QED) is 0.920. The van der Waals surface area contributed by atoms with Crippen LogP contribution in [0.4, 0.5) is 0 Å². The first-order valence-electron chi connectivity index (χ1n) is 6.12. The van der Waals surface area contributed by atoms with Crippen molar-refractivity contribution in [1.29, 1.82) is 0 Å². The topological polar surface area (TPSA) is 29.5 Å². The summed E-state index contributed by atoms with van der Waals surface area (Å²) >= 11 is 5.86.